The average Bonchev–Trinajstić information content (AvgIpc) is 2.43. The molecule has 24 heavy (non-hydrogen) atoms. The molecule has 0 heterocycles. The Labute approximate surface area is 139 Å². The third-order valence-electron chi connectivity index (χ3n) is 2.86. The van der Waals surface area contributed by atoms with Gasteiger partial charge in [-0.05, 0) is 26.8 Å². The van der Waals surface area contributed by atoms with Crippen molar-refractivity contribution in [2.45, 2.75) is 45.4 Å². The second kappa shape index (κ2) is 8.58. The fraction of sp³-hybridized carbons (Fsp3) is 0.500. The summed E-state index contributed by atoms with van der Waals surface area (Å²) in [6, 6.07) is 2.21. The third-order valence-corrected chi connectivity index (χ3v) is 2.86. The second-order valence-corrected chi connectivity index (χ2v) is 6.24. The van der Waals surface area contributed by atoms with Crippen molar-refractivity contribution in [3.8, 4) is 0 Å². The quantitative estimate of drug-likeness (QED) is 0.735. The predicted octanol–water partition coefficient (Wildman–Crippen LogP) is 1.86. The van der Waals surface area contributed by atoms with Crippen LogP contribution < -0.4 is 10.6 Å². The lowest BCUT2D eigenvalue weighted by Gasteiger charge is -2.22. The normalized spacial score (nSPS) is 12.4. The van der Waals surface area contributed by atoms with Crippen LogP contribution in [0.1, 0.15) is 32.8 Å². The predicted molar refractivity (Wildman–Crippen MR) is 83.1 cm³/mol. The van der Waals surface area contributed by atoms with Crippen LogP contribution in [0.25, 0.3) is 0 Å². The van der Waals surface area contributed by atoms with Crippen LogP contribution in [-0.2, 0) is 16.1 Å². The smallest absolute Gasteiger partial charge is 0.407 e. The van der Waals surface area contributed by atoms with Gasteiger partial charge in [0.05, 0.1) is 12.6 Å². The Bertz CT molecular complexity index is 588. The molecule has 0 aromatic heterocycles. The average molecular weight is 344 g/mol. The molecular weight excluding hydrogens is 322 g/mol. The van der Waals surface area contributed by atoms with Crippen molar-refractivity contribution in [2.24, 2.45) is 0 Å². The van der Waals surface area contributed by atoms with E-state index in [0.29, 0.717) is 0 Å². The van der Waals surface area contributed by atoms with E-state index in [1.165, 1.54) is 6.07 Å². The first kappa shape index (κ1) is 19.8. The Kier molecular flexibility index (Phi) is 7.09. The minimum atomic E-state index is -0.835. The molecule has 1 aromatic rings. The molecule has 0 saturated heterocycles. The molecule has 1 unspecified atom stereocenters. The molecule has 0 bridgehead atoms. The third kappa shape index (κ3) is 7.36. The van der Waals surface area contributed by atoms with Gasteiger partial charge in [0, 0.05) is 24.6 Å². The summed E-state index contributed by atoms with van der Waals surface area (Å²) >= 11 is 0. The van der Waals surface area contributed by atoms with Gasteiger partial charge in [0.25, 0.3) is 0 Å². The Morgan fingerprint density at radius 2 is 1.96 bits per heavy atom. The first-order valence-electron chi connectivity index (χ1n) is 7.41. The Hall–Kier alpha value is -2.22. The molecule has 1 aromatic carbocycles. The Morgan fingerprint density at radius 1 is 1.29 bits per heavy atom. The highest BCUT2D eigenvalue weighted by Gasteiger charge is 2.21. The number of hydrogen-bond donors (Lipinski definition) is 3. The lowest BCUT2D eigenvalue weighted by Crippen LogP contribution is -2.43. The molecule has 0 saturated carbocycles. The summed E-state index contributed by atoms with van der Waals surface area (Å²) in [7, 11) is 0. The van der Waals surface area contributed by atoms with E-state index in [9.17, 15) is 23.5 Å². The number of aliphatic hydroxyl groups excluding tert-OH is 1. The van der Waals surface area contributed by atoms with E-state index in [1.54, 1.807) is 20.8 Å². The van der Waals surface area contributed by atoms with Gasteiger partial charge in [-0.15, -0.1) is 0 Å². The van der Waals surface area contributed by atoms with Crippen molar-refractivity contribution in [1.29, 1.82) is 0 Å². The minimum Gasteiger partial charge on any atom is -0.444 e. The van der Waals surface area contributed by atoms with Crippen LogP contribution >= 0.6 is 0 Å². The van der Waals surface area contributed by atoms with Crippen LogP contribution in [-0.4, -0.2) is 35.4 Å². The van der Waals surface area contributed by atoms with Crippen molar-refractivity contribution in [1.82, 2.24) is 10.6 Å². The van der Waals surface area contributed by atoms with Gasteiger partial charge in [0.15, 0.2) is 0 Å². The van der Waals surface area contributed by atoms with Crippen molar-refractivity contribution >= 4 is 12.0 Å². The van der Waals surface area contributed by atoms with Crippen LogP contribution in [0.4, 0.5) is 13.6 Å². The number of rotatable bonds is 6. The summed E-state index contributed by atoms with van der Waals surface area (Å²) in [6.45, 7) is 4.46. The van der Waals surface area contributed by atoms with E-state index in [0.717, 1.165) is 12.1 Å². The van der Waals surface area contributed by atoms with E-state index in [2.05, 4.69) is 10.6 Å². The standard InChI is InChI=1S/C16H22F2N2O4/c1-16(2,3)24-15(23)20-12(9-21)7-14(22)19-8-10-4-5-11(17)6-13(10)18/h4-6,12,21H,7-9H2,1-3H3,(H,19,22)(H,20,23). The molecule has 1 atom stereocenters. The fourth-order valence-corrected chi connectivity index (χ4v) is 1.79. The highest BCUT2D eigenvalue weighted by atomic mass is 19.1. The van der Waals surface area contributed by atoms with E-state index in [4.69, 9.17) is 4.74 Å². The van der Waals surface area contributed by atoms with Crippen LogP contribution in [0.2, 0.25) is 0 Å². The zero-order valence-corrected chi connectivity index (χ0v) is 13.9. The highest BCUT2D eigenvalue weighted by molar-refractivity contribution is 5.77. The molecule has 0 aliphatic heterocycles. The summed E-state index contributed by atoms with van der Waals surface area (Å²) < 4.78 is 31.3. The zero-order valence-electron chi connectivity index (χ0n) is 13.9. The Balaban J connectivity index is 2.48. The maximum Gasteiger partial charge on any atom is 0.407 e. The van der Waals surface area contributed by atoms with Crippen molar-refractivity contribution in [2.75, 3.05) is 6.61 Å². The van der Waals surface area contributed by atoms with Gasteiger partial charge < -0.3 is 20.5 Å². The van der Waals surface area contributed by atoms with Crippen molar-refractivity contribution < 1.29 is 28.2 Å². The summed E-state index contributed by atoms with van der Waals surface area (Å²) in [6.07, 6.45) is -0.961. The topological polar surface area (TPSA) is 87.7 Å². The van der Waals surface area contributed by atoms with Gasteiger partial charge >= 0.3 is 6.09 Å². The number of halogens is 2. The number of carbonyl (C=O) groups excluding carboxylic acids is 2. The first-order valence-corrected chi connectivity index (χ1v) is 7.41. The van der Waals surface area contributed by atoms with Gasteiger partial charge in [-0.1, -0.05) is 6.07 Å². The maximum absolute atomic E-state index is 13.5. The largest absolute Gasteiger partial charge is 0.444 e. The number of nitrogens with one attached hydrogen (secondary N) is 2. The van der Waals surface area contributed by atoms with Gasteiger partial charge in [-0.2, -0.15) is 0 Å². The molecule has 1 rings (SSSR count). The number of carbonyl (C=O) groups is 2. The van der Waals surface area contributed by atoms with Crippen molar-refractivity contribution in [3.05, 3.63) is 35.4 Å². The molecule has 3 N–H and O–H groups in total. The van der Waals surface area contributed by atoms with E-state index in [-0.39, 0.29) is 18.5 Å². The number of aliphatic hydroxyl groups is 1. The van der Waals surface area contributed by atoms with Gasteiger partial charge in [0.1, 0.15) is 17.2 Å². The summed E-state index contributed by atoms with van der Waals surface area (Å²) in [4.78, 5) is 23.4. The lowest BCUT2D eigenvalue weighted by molar-refractivity contribution is -0.121. The molecule has 0 aliphatic carbocycles. The van der Waals surface area contributed by atoms with Crippen LogP contribution in [0.15, 0.2) is 18.2 Å². The number of ether oxygens (including phenoxy) is 1. The van der Waals surface area contributed by atoms with Crippen LogP contribution in [0.3, 0.4) is 0 Å². The van der Waals surface area contributed by atoms with Gasteiger partial charge in [-0.3, -0.25) is 4.79 Å². The summed E-state index contributed by atoms with van der Waals surface area (Å²) in [5.74, 6) is -1.97. The lowest BCUT2D eigenvalue weighted by atomic mass is 10.2. The Morgan fingerprint density at radius 3 is 2.50 bits per heavy atom. The summed E-state index contributed by atoms with van der Waals surface area (Å²) in [5.41, 5.74) is -0.572. The molecule has 8 heteroatoms. The molecule has 2 amide bonds. The highest BCUT2D eigenvalue weighted by Crippen LogP contribution is 2.09. The zero-order chi connectivity index (χ0) is 18.3. The monoisotopic (exact) mass is 344 g/mol. The molecule has 134 valence electrons. The summed E-state index contributed by atoms with van der Waals surface area (Å²) in [5, 5.41) is 14.0. The number of benzene rings is 1. The molecule has 0 aliphatic rings. The van der Waals surface area contributed by atoms with Gasteiger partial charge in [0.2, 0.25) is 5.91 Å². The number of amides is 2. The van der Waals surface area contributed by atoms with Crippen LogP contribution in [0.5, 0.6) is 0 Å². The fourth-order valence-electron chi connectivity index (χ4n) is 1.79. The van der Waals surface area contributed by atoms with E-state index >= 15 is 0 Å². The first-order chi connectivity index (χ1) is 11.1. The van der Waals surface area contributed by atoms with Crippen LogP contribution in [0, 0.1) is 11.6 Å². The molecular formula is C16H22F2N2O4. The number of alkyl carbamates (subject to hydrolysis) is 1. The molecule has 0 spiro atoms. The van der Waals surface area contributed by atoms with Crippen molar-refractivity contribution in [3.63, 3.8) is 0 Å². The van der Waals surface area contributed by atoms with Gasteiger partial charge in [-0.25, -0.2) is 13.6 Å². The SMILES string of the molecule is CC(C)(C)OC(=O)NC(CO)CC(=O)NCc1ccc(F)cc1F. The molecule has 0 radical (unpaired) electrons. The van der Waals surface area contributed by atoms with E-state index < -0.39 is 41.9 Å². The maximum atomic E-state index is 13.5. The molecule has 0 fully saturated rings. The minimum absolute atomic E-state index is 0.129. The number of hydrogen-bond acceptors (Lipinski definition) is 4. The molecule has 6 nitrogen and oxygen atoms in total. The second-order valence-electron chi connectivity index (χ2n) is 6.24. The van der Waals surface area contributed by atoms with E-state index in [1.807, 2.05) is 0 Å².